The third kappa shape index (κ3) is 3.79. The van der Waals surface area contributed by atoms with Gasteiger partial charge in [0.15, 0.2) is 0 Å². The van der Waals surface area contributed by atoms with Gasteiger partial charge in [-0.25, -0.2) is 4.79 Å². The van der Waals surface area contributed by atoms with Gasteiger partial charge in [-0.15, -0.1) is 0 Å². The number of nitro benzene ring substituents is 1. The van der Waals surface area contributed by atoms with Crippen LogP contribution < -0.4 is 4.90 Å². The van der Waals surface area contributed by atoms with Crippen molar-refractivity contribution in [3.05, 3.63) is 33.9 Å². The summed E-state index contributed by atoms with van der Waals surface area (Å²) in [6.07, 6.45) is 0.968. The van der Waals surface area contributed by atoms with Crippen molar-refractivity contribution in [3.63, 3.8) is 0 Å². The fraction of sp³-hybridized carbons (Fsp3) is 0.562. The number of ether oxygens (including phenoxy) is 1. The molecule has 7 nitrogen and oxygen atoms in total. The first-order valence-electron chi connectivity index (χ1n) is 7.88. The van der Waals surface area contributed by atoms with Gasteiger partial charge in [0.1, 0.15) is 5.56 Å². The number of nitro groups is 1. The van der Waals surface area contributed by atoms with Crippen LogP contribution in [0.1, 0.15) is 30.6 Å². The SMILES string of the molecule is CCOC(=O)c1cc(N2CCN(C)C[C@H]2CC)ccc1[N+](=O)[O-]. The van der Waals surface area contributed by atoms with Gasteiger partial charge in [-0.3, -0.25) is 10.1 Å². The Balaban J connectivity index is 2.38. The molecule has 1 aliphatic heterocycles. The summed E-state index contributed by atoms with van der Waals surface area (Å²) < 4.78 is 4.96. The Morgan fingerprint density at radius 1 is 1.39 bits per heavy atom. The number of carbonyl (C=O) groups excluding carboxylic acids is 1. The molecule has 126 valence electrons. The molecule has 1 fully saturated rings. The van der Waals surface area contributed by atoms with Crippen LogP contribution >= 0.6 is 0 Å². The second kappa shape index (κ2) is 7.41. The van der Waals surface area contributed by atoms with Crippen molar-refractivity contribution in [3.8, 4) is 0 Å². The summed E-state index contributed by atoms with van der Waals surface area (Å²) >= 11 is 0. The lowest BCUT2D eigenvalue weighted by molar-refractivity contribution is -0.385. The Morgan fingerprint density at radius 3 is 2.74 bits per heavy atom. The summed E-state index contributed by atoms with van der Waals surface area (Å²) in [4.78, 5) is 27.2. The van der Waals surface area contributed by atoms with Gasteiger partial charge in [0.2, 0.25) is 0 Å². The molecule has 0 amide bonds. The lowest BCUT2D eigenvalue weighted by Gasteiger charge is -2.41. The van der Waals surface area contributed by atoms with E-state index in [1.54, 1.807) is 19.1 Å². The van der Waals surface area contributed by atoms with Crippen molar-refractivity contribution < 1.29 is 14.5 Å². The quantitative estimate of drug-likeness (QED) is 0.470. The Bertz CT molecular complexity index is 591. The number of piperazine rings is 1. The smallest absolute Gasteiger partial charge is 0.345 e. The summed E-state index contributed by atoms with van der Waals surface area (Å²) in [5.41, 5.74) is 0.635. The summed E-state index contributed by atoms with van der Waals surface area (Å²) in [5, 5.41) is 11.2. The Kier molecular flexibility index (Phi) is 5.54. The number of anilines is 1. The van der Waals surface area contributed by atoms with E-state index in [2.05, 4.69) is 23.8 Å². The average Bonchev–Trinajstić information content (AvgIpc) is 2.54. The monoisotopic (exact) mass is 321 g/mol. The van der Waals surface area contributed by atoms with Gasteiger partial charge in [0, 0.05) is 37.4 Å². The van der Waals surface area contributed by atoms with Gasteiger partial charge in [-0.2, -0.15) is 0 Å². The van der Waals surface area contributed by atoms with Crippen molar-refractivity contribution in [2.75, 3.05) is 38.2 Å². The summed E-state index contributed by atoms with van der Waals surface area (Å²) in [6.45, 7) is 6.67. The highest BCUT2D eigenvalue weighted by molar-refractivity contribution is 5.95. The standard InChI is InChI=1S/C16H23N3O4/c1-4-12-11-17(3)8-9-18(12)13-6-7-15(19(21)22)14(10-13)16(20)23-5-2/h6-7,10,12H,4-5,8-9,11H2,1-3H3/t12-/m1/s1. The van der Waals surface area contributed by atoms with E-state index in [0.29, 0.717) is 6.04 Å². The molecule has 1 aromatic rings. The molecule has 0 N–H and O–H groups in total. The number of nitrogens with zero attached hydrogens (tertiary/aromatic N) is 3. The predicted molar refractivity (Wildman–Crippen MR) is 88.0 cm³/mol. The molecule has 0 unspecified atom stereocenters. The minimum absolute atomic E-state index is 0.0168. The number of hydrogen-bond donors (Lipinski definition) is 0. The van der Waals surface area contributed by atoms with Crippen LogP contribution in [0.15, 0.2) is 18.2 Å². The molecule has 1 heterocycles. The molecule has 23 heavy (non-hydrogen) atoms. The molecule has 0 radical (unpaired) electrons. The first kappa shape index (κ1) is 17.2. The maximum atomic E-state index is 12.1. The van der Waals surface area contributed by atoms with E-state index in [-0.39, 0.29) is 17.9 Å². The third-order valence-corrected chi connectivity index (χ3v) is 4.16. The second-order valence-corrected chi connectivity index (χ2v) is 5.70. The van der Waals surface area contributed by atoms with Gasteiger partial charge in [0.05, 0.1) is 11.5 Å². The molecule has 0 aliphatic carbocycles. The van der Waals surface area contributed by atoms with Crippen LogP contribution in [0.5, 0.6) is 0 Å². The van der Waals surface area contributed by atoms with Gasteiger partial charge >= 0.3 is 5.97 Å². The first-order valence-corrected chi connectivity index (χ1v) is 7.88. The molecule has 7 heteroatoms. The molecule has 0 saturated carbocycles. The molecule has 1 aliphatic rings. The van der Waals surface area contributed by atoms with Gasteiger partial charge < -0.3 is 14.5 Å². The number of hydrogen-bond acceptors (Lipinski definition) is 6. The highest BCUT2D eigenvalue weighted by Gasteiger charge is 2.27. The number of likely N-dealkylation sites (N-methyl/N-ethyl adjacent to an activating group) is 1. The summed E-state index contributed by atoms with van der Waals surface area (Å²) in [7, 11) is 2.08. The van der Waals surface area contributed by atoms with Crippen molar-refractivity contribution in [1.82, 2.24) is 4.90 Å². The highest BCUT2D eigenvalue weighted by atomic mass is 16.6. The first-order chi connectivity index (χ1) is 11.0. The van der Waals surface area contributed by atoms with Crippen LogP contribution in [-0.2, 0) is 4.74 Å². The zero-order valence-electron chi connectivity index (χ0n) is 13.8. The fourth-order valence-corrected chi connectivity index (χ4v) is 2.93. The molecule has 2 rings (SSSR count). The van der Waals surface area contributed by atoms with Gasteiger partial charge in [-0.05, 0) is 32.5 Å². The number of benzene rings is 1. The number of rotatable bonds is 5. The maximum absolute atomic E-state index is 12.1. The van der Waals surface area contributed by atoms with E-state index in [1.165, 1.54) is 6.07 Å². The summed E-state index contributed by atoms with van der Waals surface area (Å²) in [6, 6.07) is 5.02. The van der Waals surface area contributed by atoms with Gasteiger partial charge in [-0.1, -0.05) is 6.92 Å². The third-order valence-electron chi connectivity index (χ3n) is 4.16. The average molecular weight is 321 g/mol. The van der Waals surface area contributed by atoms with E-state index in [4.69, 9.17) is 4.74 Å². The second-order valence-electron chi connectivity index (χ2n) is 5.70. The van der Waals surface area contributed by atoms with Crippen LogP contribution in [0, 0.1) is 10.1 Å². The van der Waals surface area contributed by atoms with E-state index < -0.39 is 10.9 Å². The Morgan fingerprint density at radius 2 is 2.13 bits per heavy atom. The van der Waals surface area contributed by atoms with Crippen LogP contribution in [0.3, 0.4) is 0 Å². The number of carbonyl (C=O) groups is 1. The van der Waals surface area contributed by atoms with Crippen molar-refractivity contribution >= 4 is 17.3 Å². The van der Waals surface area contributed by atoms with Crippen molar-refractivity contribution in [2.24, 2.45) is 0 Å². The normalized spacial score (nSPS) is 18.7. The Hall–Kier alpha value is -2.15. The largest absolute Gasteiger partial charge is 0.462 e. The zero-order valence-corrected chi connectivity index (χ0v) is 13.8. The highest BCUT2D eigenvalue weighted by Crippen LogP contribution is 2.28. The van der Waals surface area contributed by atoms with E-state index in [1.807, 2.05) is 0 Å². The Labute approximate surface area is 136 Å². The maximum Gasteiger partial charge on any atom is 0.345 e. The van der Waals surface area contributed by atoms with E-state index in [9.17, 15) is 14.9 Å². The molecule has 1 aromatic carbocycles. The fourth-order valence-electron chi connectivity index (χ4n) is 2.93. The van der Waals surface area contributed by atoms with Crippen molar-refractivity contribution in [2.45, 2.75) is 26.3 Å². The van der Waals surface area contributed by atoms with Crippen LogP contribution in [0.2, 0.25) is 0 Å². The minimum Gasteiger partial charge on any atom is -0.462 e. The lowest BCUT2D eigenvalue weighted by atomic mass is 10.1. The lowest BCUT2D eigenvalue weighted by Crippen LogP contribution is -2.51. The molecule has 0 spiro atoms. The molecule has 0 aromatic heterocycles. The van der Waals surface area contributed by atoms with Crippen LogP contribution in [-0.4, -0.2) is 55.1 Å². The van der Waals surface area contributed by atoms with Gasteiger partial charge in [0.25, 0.3) is 5.69 Å². The molecule has 1 saturated heterocycles. The van der Waals surface area contributed by atoms with E-state index in [0.717, 1.165) is 31.7 Å². The number of esters is 1. The molecular weight excluding hydrogens is 298 g/mol. The predicted octanol–water partition coefficient (Wildman–Crippen LogP) is 2.30. The van der Waals surface area contributed by atoms with Crippen LogP contribution in [0.4, 0.5) is 11.4 Å². The minimum atomic E-state index is -0.650. The molecular formula is C16H23N3O4. The molecule has 0 bridgehead atoms. The van der Waals surface area contributed by atoms with Crippen LogP contribution in [0.25, 0.3) is 0 Å². The zero-order chi connectivity index (χ0) is 17.0. The molecule has 1 atom stereocenters. The van der Waals surface area contributed by atoms with Crippen molar-refractivity contribution in [1.29, 1.82) is 0 Å². The topological polar surface area (TPSA) is 75.9 Å². The van der Waals surface area contributed by atoms with E-state index >= 15 is 0 Å². The summed E-state index contributed by atoms with van der Waals surface area (Å²) in [5.74, 6) is -0.650.